The average Bonchev–Trinajstić information content (AvgIpc) is 3.33. The van der Waals surface area contributed by atoms with Gasteiger partial charge < -0.3 is 9.64 Å². The van der Waals surface area contributed by atoms with Crippen molar-refractivity contribution >= 4 is 12.0 Å². The van der Waals surface area contributed by atoms with Gasteiger partial charge in [-0.1, -0.05) is 73.4 Å². The molecule has 2 aromatic carbocycles. The third-order valence-corrected chi connectivity index (χ3v) is 6.86. The normalized spacial score (nSPS) is 25.7. The van der Waals surface area contributed by atoms with Crippen molar-refractivity contribution in [1.82, 2.24) is 4.90 Å². The summed E-state index contributed by atoms with van der Waals surface area (Å²) in [6.07, 6.45) is 10.7. The predicted molar refractivity (Wildman–Crippen MR) is 131 cm³/mol. The van der Waals surface area contributed by atoms with E-state index >= 15 is 0 Å². The SMILES string of the molecule is C=C/C=C\C(C)=C(/C)C1(c2ccccc2/C=C\C)CN2C(=O)CCC2(c2ccc(F)cc2)O1. The molecule has 2 atom stereocenters. The first kappa shape index (κ1) is 22.9. The van der Waals surface area contributed by atoms with Gasteiger partial charge >= 0.3 is 0 Å². The lowest BCUT2D eigenvalue weighted by Gasteiger charge is -2.36. The molecule has 0 N–H and O–H groups in total. The van der Waals surface area contributed by atoms with Gasteiger partial charge in [0.05, 0.1) is 6.54 Å². The molecule has 0 aliphatic carbocycles. The van der Waals surface area contributed by atoms with Gasteiger partial charge in [-0.3, -0.25) is 4.79 Å². The van der Waals surface area contributed by atoms with Crippen molar-refractivity contribution in [3.8, 4) is 0 Å². The van der Waals surface area contributed by atoms with E-state index in [1.54, 1.807) is 18.2 Å². The molecular formula is C29H30FNO2. The molecule has 170 valence electrons. The van der Waals surface area contributed by atoms with Crippen LogP contribution in [0.5, 0.6) is 0 Å². The first-order valence-corrected chi connectivity index (χ1v) is 11.3. The van der Waals surface area contributed by atoms with Crippen molar-refractivity contribution in [3.05, 3.63) is 113 Å². The van der Waals surface area contributed by atoms with E-state index in [0.29, 0.717) is 19.4 Å². The zero-order valence-corrected chi connectivity index (χ0v) is 19.5. The maximum atomic E-state index is 13.7. The summed E-state index contributed by atoms with van der Waals surface area (Å²) in [6, 6.07) is 14.5. The molecule has 1 amide bonds. The molecule has 2 saturated heterocycles. The number of rotatable bonds is 6. The van der Waals surface area contributed by atoms with Crippen LogP contribution in [-0.4, -0.2) is 17.4 Å². The second kappa shape index (κ2) is 8.95. The molecule has 2 aliphatic heterocycles. The maximum Gasteiger partial charge on any atom is 0.225 e. The molecule has 2 fully saturated rings. The molecule has 3 nitrogen and oxygen atoms in total. The molecule has 2 heterocycles. The first-order valence-electron chi connectivity index (χ1n) is 11.3. The van der Waals surface area contributed by atoms with Gasteiger partial charge in [-0.15, -0.1) is 0 Å². The molecule has 4 rings (SSSR count). The largest absolute Gasteiger partial charge is 0.334 e. The molecule has 33 heavy (non-hydrogen) atoms. The zero-order valence-electron chi connectivity index (χ0n) is 19.5. The Morgan fingerprint density at radius 3 is 2.58 bits per heavy atom. The van der Waals surface area contributed by atoms with Gasteiger partial charge in [0, 0.05) is 18.4 Å². The van der Waals surface area contributed by atoms with E-state index in [1.807, 2.05) is 42.2 Å². The Kier molecular flexibility index (Phi) is 6.22. The molecule has 0 bridgehead atoms. The summed E-state index contributed by atoms with van der Waals surface area (Å²) in [7, 11) is 0. The molecule has 2 aliphatic rings. The summed E-state index contributed by atoms with van der Waals surface area (Å²) in [5.74, 6) is -0.257. The Morgan fingerprint density at radius 1 is 1.15 bits per heavy atom. The summed E-state index contributed by atoms with van der Waals surface area (Å²) in [4.78, 5) is 15.0. The van der Waals surface area contributed by atoms with Crippen molar-refractivity contribution < 1.29 is 13.9 Å². The highest BCUT2D eigenvalue weighted by molar-refractivity contribution is 5.81. The molecular weight excluding hydrogens is 413 g/mol. The van der Waals surface area contributed by atoms with Crippen LogP contribution in [0.1, 0.15) is 50.3 Å². The van der Waals surface area contributed by atoms with Crippen LogP contribution in [0.25, 0.3) is 6.08 Å². The molecule has 0 spiro atoms. The van der Waals surface area contributed by atoms with E-state index in [4.69, 9.17) is 4.74 Å². The van der Waals surface area contributed by atoms with Crippen LogP contribution < -0.4 is 0 Å². The number of ether oxygens (including phenoxy) is 1. The standard InChI is InChI=1S/C29H30FNO2/c1-5-7-11-21(3)22(4)28(26-13-9-8-12-23(26)10-6-2)20-31-27(32)18-19-29(31,33-28)24-14-16-25(30)17-15-24/h5-17H,1,18-20H2,2-4H3/b10-6-,11-7-,22-21+. The fourth-order valence-electron chi connectivity index (χ4n) is 5.07. The van der Waals surface area contributed by atoms with E-state index in [1.165, 1.54) is 12.1 Å². The Balaban J connectivity index is 1.97. The average molecular weight is 444 g/mol. The monoisotopic (exact) mass is 443 g/mol. The summed E-state index contributed by atoms with van der Waals surface area (Å²) < 4.78 is 20.9. The minimum atomic E-state index is -0.933. The van der Waals surface area contributed by atoms with Crippen LogP contribution in [0.15, 0.2) is 90.6 Å². The number of benzene rings is 2. The van der Waals surface area contributed by atoms with Crippen LogP contribution in [-0.2, 0) is 20.9 Å². The van der Waals surface area contributed by atoms with E-state index in [2.05, 4.69) is 38.6 Å². The van der Waals surface area contributed by atoms with E-state index in [-0.39, 0.29) is 11.7 Å². The lowest BCUT2D eigenvalue weighted by Crippen LogP contribution is -2.38. The second-order valence-corrected chi connectivity index (χ2v) is 8.69. The molecule has 0 radical (unpaired) electrons. The van der Waals surface area contributed by atoms with Gasteiger partial charge in [0.1, 0.15) is 11.4 Å². The van der Waals surface area contributed by atoms with Gasteiger partial charge in [0.15, 0.2) is 5.72 Å². The van der Waals surface area contributed by atoms with E-state index < -0.39 is 11.3 Å². The Bertz CT molecular complexity index is 1160. The number of hydrogen-bond acceptors (Lipinski definition) is 2. The van der Waals surface area contributed by atoms with Crippen molar-refractivity contribution in [2.75, 3.05) is 6.54 Å². The van der Waals surface area contributed by atoms with Gasteiger partial charge in [0.25, 0.3) is 0 Å². The van der Waals surface area contributed by atoms with E-state index in [0.717, 1.165) is 27.8 Å². The fourth-order valence-corrected chi connectivity index (χ4v) is 5.07. The predicted octanol–water partition coefficient (Wildman–Crippen LogP) is 6.64. The Labute approximate surface area is 195 Å². The van der Waals surface area contributed by atoms with Crippen molar-refractivity contribution in [2.24, 2.45) is 0 Å². The number of allylic oxidation sites excluding steroid dienone is 5. The quantitative estimate of drug-likeness (QED) is 0.469. The number of hydrogen-bond donors (Lipinski definition) is 0. The number of amides is 1. The van der Waals surface area contributed by atoms with Crippen molar-refractivity contribution in [3.63, 3.8) is 0 Å². The topological polar surface area (TPSA) is 29.5 Å². The second-order valence-electron chi connectivity index (χ2n) is 8.69. The molecule has 2 aromatic rings. The highest BCUT2D eigenvalue weighted by Gasteiger charge is 2.61. The number of fused-ring (bicyclic) bond motifs is 1. The lowest BCUT2D eigenvalue weighted by molar-refractivity contribution is -0.146. The maximum absolute atomic E-state index is 13.7. The minimum Gasteiger partial charge on any atom is -0.334 e. The molecule has 0 saturated carbocycles. The summed E-state index contributed by atoms with van der Waals surface area (Å²) in [5.41, 5.74) is 3.15. The van der Waals surface area contributed by atoms with Crippen molar-refractivity contribution in [1.29, 1.82) is 0 Å². The number of nitrogens with zero attached hydrogens (tertiary/aromatic N) is 1. The number of halogens is 1. The highest BCUT2D eigenvalue weighted by Crippen LogP contribution is 2.56. The van der Waals surface area contributed by atoms with Crippen LogP contribution in [0.3, 0.4) is 0 Å². The number of carbonyl (C=O) groups is 1. The van der Waals surface area contributed by atoms with Crippen LogP contribution in [0.2, 0.25) is 0 Å². The van der Waals surface area contributed by atoms with Crippen LogP contribution in [0.4, 0.5) is 4.39 Å². The molecule has 2 unspecified atom stereocenters. The third kappa shape index (κ3) is 3.79. The Hall–Kier alpha value is -3.24. The van der Waals surface area contributed by atoms with Gasteiger partial charge in [-0.05, 0) is 55.2 Å². The molecule has 0 aromatic heterocycles. The first-order chi connectivity index (χ1) is 15.9. The minimum absolute atomic E-state index is 0.0526. The summed E-state index contributed by atoms with van der Waals surface area (Å²) in [6.45, 7) is 10.3. The smallest absolute Gasteiger partial charge is 0.225 e. The molecule has 4 heteroatoms. The fraction of sp³-hybridized carbons (Fsp3) is 0.276. The van der Waals surface area contributed by atoms with E-state index in [9.17, 15) is 9.18 Å². The van der Waals surface area contributed by atoms with Gasteiger partial charge in [-0.2, -0.15) is 0 Å². The third-order valence-electron chi connectivity index (χ3n) is 6.86. The zero-order chi connectivity index (χ0) is 23.6. The Morgan fingerprint density at radius 2 is 1.88 bits per heavy atom. The van der Waals surface area contributed by atoms with Crippen LogP contribution >= 0.6 is 0 Å². The highest BCUT2D eigenvalue weighted by atomic mass is 19.1. The summed E-state index contributed by atoms with van der Waals surface area (Å²) in [5, 5.41) is 0. The van der Waals surface area contributed by atoms with Gasteiger partial charge in [-0.25, -0.2) is 4.39 Å². The van der Waals surface area contributed by atoms with Crippen molar-refractivity contribution in [2.45, 2.75) is 44.9 Å². The summed E-state index contributed by atoms with van der Waals surface area (Å²) >= 11 is 0. The number of carbonyl (C=O) groups excluding carboxylic acids is 1. The van der Waals surface area contributed by atoms with Crippen LogP contribution in [0, 0.1) is 5.82 Å². The lowest BCUT2D eigenvalue weighted by atomic mass is 9.81. The van der Waals surface area contributed by atoms with Gasteiger partial charge in [0.2, 0.25) is 5.91 Å².